The van der Waals surface area contributed by atoms with Gasteiger partial charge >= 0.3 is 0 Å². The third kappa shape index (κ3) is 3.68. The Bertz CT molecular complexity index is 1140. The predicted octanol–water partition coefficient (Wildman–Crippen LogP) is 3.52. The minimum absolute atomic E-state index is 0.0973. The maximum Gasteiger partial charge on any atom is 0.279 e. The predicted molar refractivity (Wildman–Crippen MR) is 99.9 cm³/mol. The minimum atomic E-state index is -3.38. The smallest absolute Gasteiger partial charge is 0.279 e. The van der Waals surface area contributed by atoms with E-state index in [0.29, 0.717) is 16.4 Å². The third-order valence-corrected chi connectivity index (χ3v) is 6.05. The lowest BCUT2D eigenvalue weighted by atomic mass is 10.2. The fraction of sp³-hybridized carbons (Fsp3) is 0.176. The molecule has 8 heteroatoms. The first-order chi connectivity index (χ1) is 11.8. The molecule has 0 bridgehead atoms. The van der Waals surface area contributed by atoms with Crippen molar-refractivity contribution in [3.05, 3.63) is 57.9 Å². The van der Waals surface area contributed by atoms with Crippen LogP contribution in [0.2, 0.25) is 5.02 Å². The molecule has 5 nitrogen and oxygen atoms in total. The largest absolute Gasteiger partial charge is 0.317 e. The lowest BCUT2D eigenvalue weighted by Crippen LogP contribution is -2.16. The van der Waals surface area contributed by atoms with Crippen LogP contribution >= 0.6 is 22.9 Å². The van der Waals surface area contributed by atoms with Gasteiger partial charge in [0, 0.05) is 23.4 Å². The molecule has 0 saturated carbocycles. The van der Waals surface area contributed by atoms with Crippen LogP contribution in [0.4, 0.5) is 0 Å². The van der Waals surface area contributed by atoms with E-state index in [1.54, 1.807) is 12.1 Å². The highest BCUT2D eigenvalue weighted by Gasteiger charge is 2.12. The zero-order chi connectivity index (χ0) is 18.2. The first kappa shape index (κ1) is 17.8. The molecule has 1 heterocycles. The number of aromatic nitrogens is 1. The van der Waals surface area contributed by atoms with Gasteiger partial charge in [-0.25, -0.2) is 8.42 Å². The van der Waals surface area contributed by atoms with Crippen LogP contribution in [0.5, 0.6) is 0 Å². The van der Waals surface area contributed by atoms with Crippen LogP contribution in [0.15, 0.2) is 52.4 Å². The highest BCUT2D eigenvalue weighted by Crippen LogP contribution is 2.22. The summed E-state index contributed by atoms with van der Waals surface area (Å²) < 4.78 is 26.2. The van der Waals surface area contributed by atoms with Gasteiger partial charge in [0.15, 0.2) is 14.6 Å². The van der Waals surface area contributed by atoms with E-state index in [1.807, 2.05) is 23.6 Å². The van der Waals surface area contributed by atoms with Crippen molar-refractivity contribution in [1.29, 1.82) is 0 Å². The van der Waals surface area contributed by atoms with Crippen LogP contribution in [0.1, 0.15) is 17.3 Å². The van der Waals surface area contributed by atoms with Crippen molar-refractivity contribution in [3.63, 3.8) is 0 Å². The molecule has 0 atom stereocenters. The number of benzene rings is 2. The number of rotatable bonds is 3. The molecule has 3 aromatic rings. The molecule has 3 rings (SSSR count). The van der Waals surface area contributed by atoms with Gasteiger partial charge in [0.05, 0.1) is 15.1 Å². The van der Waals surface area contributed by atoms with Gasteiger partial charge in [-0.3, -0.25) is 4.79 Å². The molecule has 0 fully saturated rings. The van der Waals surface area contributed by atoms with E-state index in [-0.39, 0.29) is 10.5 Å². The molecule has 0 aliphatic heterocycles. The number of sulfone groups is 1. The van der Waals surface area contributed by atoms with Crippen LogP contribution < -0.4 is 4.80 Å². The maximum absolute atomic E-state index is 12.5. The number of carbonyl (C=O) groups excluding carboxylic acids is 1. The summed E-state index contributed by atoms with van der Waals surface area (Å²) in [6.45, 7) is 2.62. The number of nitrogens with zero attached hydrogens (tertiary/aromatic N) is 2. The second-order valence-electron chi connectivity index (χ2n) is 5.46. The first-order valence-electron chi connectivity index (χ1n) is 7.47. The number of hydrogen-bond donors (Lipinski definition) is 0. The molecule has 0 radical (unpaired) electrons. The summed E-state index contributed by atoms with van der Waals surface area (Å²) in [5.74, 6) is -0.481. The van der Waals surface area contributed by atoms with Crippen LogP contribution in [0, 0.1) is 0 Å². The lowest BCUT2D eigenvalue weighted by Gasteiger charge is -2.01. The normalized spacial score (nSPS) is 12.7. The van der Waals surface area contributed by atoms with Crippen molar-refractivity contribution < 1.29 is 13.2 Å². The van der Waals surface area contributed by atoms with Crippen molar-refractivity contribution in [1.82, 2.24) is 4.57 Å². The van der Waals surface area contributed by atoms with Crippen LogP contribution in [0.3, 0.4) is 0 Å². The van der Waals surface area contributed by atoms with Gasteiger partial charge in [-0.1, -0.05) is 29.0 Å². The van der Waals surface area contributed by atoms with Crippen molar-refractivity contribution in [3.8, 4) is 0 Å². The van der Waals surface area contributed by atoms with Crippen molar-refractivity contribution in [2.75, 3.05) is 6.26 Å². The number of hydrogen-bond acceptors (Lipinski definition) is 4. The van der Waals surface area contributed by atoms with Gasteiger partial charge in [-0.05, 0) is 43.3 Å². The second kappa shape index (κ2) is 6.74. The Morgan fingerprint density at radius 1 is 1.24 bits per heavy atom. The zero-order valence-corrected chi connectivity index (χ0v) is 16.0. The molecule has 1 aromatic heterocycles. The molecule has 0 aliphatic carbocycles. The second-order valence-corrected chi connectivity index (χ2v) is 8.92. The molecular formula is C17H15ClN2O3S2. The van der Waals surface area contributed by atoms with Crippen LogP contribution in [-0.4, -0.2) is 25.1 Å². The number of thiazole rings is 1. The van der Waals surface area contributed by atoms with Crippen LogP contribution in [0.25, 0.3) is 10.2 Å². The molecule has 25 heavy (non-hydrogen) atoms. The molecule has 1 amide bonds. The summed E-state index contributed by atoms with van der Waals surface area (Å²) in [5, 5.41) is 0.621. The number of carbonyl (C=O) groups is 1. The Hall–Kier alpha value is -1.96. The standard InChI is InChI=1S/C17H15ClN2O3S2/c1-3-20-14-8-7-12(18)10-15(14)24-17(20)19-16(21)11-5-4-6-13(9-11)25(2,22)23/h4-10H,3H2,1-2H3. The van der Waals surface area contributed by atoms with Gasteiger partial charge in [-0.2, -0.15) is 4.99 Å². The average molecular weight is 395 g/mol. The Morgan fingerprint density at radius 2 is 2.00 bits per heavy atom. The Balaban J connectivity index is 2.12. The Kier molecular flexibility index (Phi) is 4.81. The van der Waals surface area contributed by atoms with Crippen molar-refractivity contribution in [2.24, 2.45) is 4.99 Å². The Morgan fingerprint density at radius 3 is 2.68 bits per heavy atom. The summed E-state index contributed by atoms with van der Waals surface area (Å²) in [5.41, 5.74) is 1.19. The van der Waals surface area contributed by atoms with Crippen molar-refractivity contribution in [2.45, 2.75) is 18.4 Å². The quantitative estimate of drug-likeness (QED) is 0.682. The highest BCUT2D eigenvalue weighted by molar-refractivity contribution is 7.90. The number of halogens is 1. The topological polar surface area (TPSA) is 68.5 Å². The zero-order valence-electron chi connectivity index (χ0n) is 13.6. The van der Waals surface area contributed by atoms with E-state index in [1.165, 1.54) is 29.5 Å². The van der Waals surface area contributed by atoms with Gasteiger partial charge < -0.3 is 4.57 Å². The van der Waals surface area contributed by atoms with E-state index in [4.69, 9.17) is 11.6 Å². The summed E-state index contributed by atoms with van der Waals surface area (Å²) in [6, 6.07) is 11.4. The van der Waals surface area contributed by atoms with Gasteiger partial charge in [0.1, 0.15) is 0 Å². The summed E-state index contributed by atoms with van der Waals surface area (Å²) in [7, 11) is -3.38. The van der Waals surface area contributed by atoms with E-state index in [2.05, 4.69) is 4.99 Å². The van der Waals surface area contributed by atoms with E-state index in [9.17, 15) is 13.2 Å². The minimum Gasteiger partial charge on any atom is -0.317 e. The fourth-order valence-corrected chi connectivity index (χ4v) is 4.48. The monoisotopic (exact) mass is 394 g/mol. The molecule has 0 aliphatic rings. The maximum atomic E-state index is 12.5. The molecule has 2 aromatic carbocycles. The molecule has 0 unspecified atom stereocenters. The van der Waals surface area contributed by atoms with E-state index < -0.39 is 15.7 Å². The Labute approximate surface area is 154 Å². The number of aryl methyl sites for hydroxylation is 1. The highest BCUT2D eigenvalue weighted by atomic mass is 35.5. The van der Waals surface area contributed by atoms with E-state index in [0.717, 1.165) is 16.5 Å². The number of fused-ring (bicyclic) bond motifs is 1. The first-order valence-corrected chi connectivity index (χ1v) is 10.6. The van der Waals surface area contributed by atoms with Gasteiger partial charge in [-0.15, -0.1) is 0 Å². The average Bonchev–Trinajstić information content (AvgIpc) is 2.90. The third-order valence-electron chi connectivity index (χ3n) is 3.67. The fourth-order valence-electron chi connectivity index (χ4n) is 2.45. The van der Waals surface area contributed by atoms with Crippen LogP contribution in [-0.2, 0) is 16.4 Å². The summed E-state index contributed by atoms with van der Waals surface area (Å²) in [4.78, 5) is 17.4. The summed E-state index contributed by atoms with van der Waals surface area (Å²) >= 11 is 7.40. The molecule has 130 valence electrons. The molecule has 0 N–H and O–H groups in total. The summed E-state index contributed by atoms with van der Waals surface area (Å²) in [6.07, 6.45) is 1.11. The van der Waals surface area contributed by atoms with E-state index >= 15 is 0 Å². The number of amides is 1. The van der Waals surface area contributed by atoms with Crippen molar-refractivity contribution >= 4 is 48.9 Å². The van der Waals surface area contributed by atoms with Gasteiger partial charge in [0.25, 0.3) is 5.91 Å². The van der Waals surface area contributed by atoms with Gasteiger partial charge in [0.2, 0.25) is 0 Å². The SMILES string of the molecule is CCn1c(=NC(=O)c2cccc(S(C)(=O)=O)c2)sc2cc(Cl)ccc21. The lowest BCUT2D eigenvalue weighted by molar-refractivity contribution is 0.0997. The molecule has 0 saturated heterocycles. The molecule has 0 spiro atoms. The molecular weight excluding hydrogens is 380 g/mol.